The van der Waals surface area contributed by atoms with Crippen molar-refractivity contribution < 1.29 is 24.2 Å². The molecule has 46 heavy (non-hydrogen) atoms. The summed E-state index contributed by atoms with van der Waals surface area (Å²) in [5.74, 6) is -0.672. The SMILES string of the molecule is C=CCN(Cc1ccccc1)C(=O)C1N(CCCCCO)C(=O)[C@@H]2[C@H](C(=O)N(CC=C)c3ccc(OCC)cc3)[C@@H]3CC(C)C12S3. The number of unbranched alkanes of at least 4 members (excludes halogenated alkanes) is 2. The van der Waals surface area contributed by atoms with Gasteiger partial charge in [0.25, 0.3) is 0 Å². The molecule has 5 rings (SSSR count). The first-order valence-electron chi connectivity index (χ1n) is 16.5. The largest absolute Gasteiger partial charge is 0.494 e. The van der Waals surface area contributed by atoms with Gasteiger partial charge in [-0.1, -0.05) is 49.4 Å². The summed E-state index contributed by atoms with van der Waals surface area (Å²) in [5.41, 5.74) is 1.73. The summed E-state index contributed by atoms with van der Waals surface area (Å²) in [5, 5.41) is 9.32. The molecule has 6 atom stereocenters. The Labute approximate surface area is 277 Å². The van der Waals surface area contributed by atoms with E-state index >= 15 is 0 Å². The number of benzene rings is 2. The maximum atomic E-state index is 14.8. The molecule has 3 aliphatic rings. The number of fused-ring (bicyclic) bond motifs is 1. The zero-order valence-electron chi connectivity index (χ0n) is 27.1. The fourth-order valence-electron chi connectivity index (χ4n) is 7.78. The maximum absolute atomic E-state index is 14.8. The van der Waals surface area contributed by atoms with Crippen LogP contribution in [0.5, 0.6) is 5.75 Å². The van der Waals surface area contributed by atoms with Gasteiger partial charge in [0.15, 0.2) is 0 Å². The zero-order valence-corrected chi connectivity index (χ0v) is 27.9. The molecule has 3 unspecified atom stereocenters. The molecule has 0 radical (unpaired) electrons. The summed E-state index contributed by atoms with van der Waals surface area (Å²) >= 11 is 1.69. The highest BCUT2D eigenvalue weighted by Crippen LogP contribution is 2.69. The Hall–Kier alpha value is -3.56. The molecular weight excluding hydrogens is 598 g/mol. The highest BCUT2D eigenvalue weighted by molar-refractivity contribution is 8.02. The lowest BCUT2D eigenvalue weighted by Crippen LogP contribution is -2.57. The topological polar surface area (TPSA) is 90.4 Å². The van der Waals surface area contributed by atoms with Gasteiger partial charge in [-0.3, -0.25) is 14.4 Å². The molecule has 3 heterocycles. The number of rotatable bonds is 16. The van der Waals surface area contributed by atoms with Crippen LogP contribution in [0.1, 0.15) is 45.1 Å². The molecule has 246 valence electrons. The van der Waals surface area contributed by atoms with Crippen molar-refractivity contribution in [3.8, 4) is 5.75 Å². The van der Waals surface area contributed by atoms with Crippen molar-refractivity contribution >= 4 is 35.2 Å². The molecule has 3 saturated heterocycles. The number of hydrogen-bond donors (Lipinski definition) is 1. The first-order chi connectivity index (χ1) is 22.3. The van der Waals surface area contributed by atoms with Crippen LogP contribution in [0.2, 0.25) is 0 Å². The Morgan fingerprint density at radius 2 is 1.76 bits per heavy atom. The van der Waals surface area contributed by atoms with E-state index in [-0.39, 0.29) is 35.5 Å². The third kappa shape index (κ3) is 6.24. The summed E-state index contributed by atoms with van der Waals surface area (Å²) in [7, 11) is 0. The van der Waals surface area contributed by atoms with Crippen LogP contribution in [0.3, 0.4) is 0 Å². The van der Waals surface area contributed by atoms with Gasteiger partial charge in [0.1, 0.15) is 11.8 Å². The first-order valence-corrected chi connectivity index (χ1v) is 17.4. The average molecular weight is 646 g/mol. The minimum atomic E-state index is -0.717. The predicted octanol–water partition coefficient (Wildman–Crippen LogP) is 5.32. The number of aliphatic hydroxyl groups excluding tert-OH is 1. The van der Waals surface area contributed by atoms with E-state index in [1.807, 2.05) is 61.5 Å². The van der Waals surface area contributed by atoms with Gasteiger partial charge in [-0.2, -0.15) is 0 Å². The Bertz CT molecular complexity index is 1400. The van der Waals surface area contributed by atoms with Crippen LogP contribution in [-0.2, 0) is 20.9 Å². The smallest absolute Gasteiger partial charge is 0.247 e. The Morgan fingerprint density at radius 3 is 2.41 bits per heavy atom. The average Bonchev–Trinajstić information content (AvgIpc) is 3.65. The van der Waals surface area contributed by atoms with Gasteiger partial charge in [-0.15, -0.1) is 24.9 Å². The first kappa shape index (κ1) is 33.8. The molecule has 1 spiro atoms. The van der Waals surface area contributed by atoms with Crippen LogP contribution >= 0.6 is 11.8 Å². The Balaban J connectivity index is 1.52. The molecule has 3 fully saturated rings. The second-order valence-electron chi connectivity index (χ2n) is 12.5. The lowest BCUT2D eigenvalue weighted by molar-refractivity contribution is -0.143. The zero-order chi connectivity index (χ0) is 32.8. The number of thioether (sulfide) groups is 1. The molecule has 2 bridgehead atoms. The van der Waals surface area contributed by atoms with Crippen molar-refractivity contribution in [1.29, 1.82) is 0 Å². The van der Waals surface area contributed by atoms with Crippen LogP contribution in [0.25, 0.3) is 0 Å². The third-order valence-electron chi connectivity index (χ3n) is 9.74. The van der Waals surface area contributed by atoms with Crippen LogP contribution in [-0.4, -0.2) is 81.5 Å². The fraction of sp³-hybridized carbons (Fsp3) is 0.486. The number of aliphatic hydroxyl groups is 1. The van der Waals surface area contributed by atoms with E-state index in [1.165, 1.54) is 0 Å². The van der Waals surface area contributed by atoms with E-state index in [1.54, 1.807) is 38.6 Å². The second kappa shape index (κ2) is 14.9. The van der Waals surface area contributed by atoms with Gasteiger partial charge in [-0.05, 0) is 68.4 Å². The van der Waals surface area contributed by atoms with Crippen molar-refractivity contribution in [2.24, 2.45) is 17.8 Å². The number of carbonyl (C=O) groups is 3. The summed E-state index contributed by atoms with van der Waals surface area (Å²) in [6.45, 7) is 14.0. The summed E-state index contributed by atoms with van der Waals surface area (Å²) in [4.78, 5) is 49.4. The Morgan fingerprint density at radius 1 is 1.04 bits per heavy atom. The van der Waals surface area contributed by atoms with E-state index < -0.39 is 22.6 Å². The van der Waals surface area contributed by atoms with Gasteiger partial charge in [0.05, 0.1) is 23.2 Å². The molecular formula is C37H47N3O5S. The van der Waals surface area contributed by atoms with Crippen molar-refractivity contribution in [2.75, 3.05) is 37.7 Å². The van der Waals surface area contributed by atoms with Gasteiger partial charge in [0.2, 0.25) is 17.7 Å². The van der Waals surface area contributed by atoms with Crippen molar-refractivity contribution in [3.63, 3.8) is 0 Å². The second-order valence-corrected chi connectivity index (χ2v) is 14.1. The van der Waals surface area contributed by atoms with Gasteiger partial charge in [0, 0.05) is 43.7 Å². The maximum Gasteiger partial charge on any atom is 0.247 e. The lowest BCUT2D eigenvalue weighted by atomic mass is 9.65. The van der Waals surface area contributed by atoms with E-state index in [9.17, 15) is 19.5 Å². The molecule has 0 aliphatic carbocycles. The molecule has 0 saturated carbocycles. The van der Waals surface area contributed by atoms with Crippen LogP contribution in [0.4, 0.5) is 5.69 Å². The van der Waals surface area contributed by atoms with Gasteiger partial charge in [-0.25, -0.2) is 0 Å². The van der Waals surface area contributed by atoms with Gasteiger partial charge >= 0.3 is 0 Å². The van der Waals surface area contributed by atoms with Crippen LogP contribution < -0.4 is 9.64 Å². The normalized spacial score (nSPS) is 26.1. The van der Waals surface area contributed by atoms with E-state index in [0.29, 0.717) is 45.6 Å². The van der Waals surface area contributed by atoms with Crippen molar-refractivity contribution in [2.45, 2.75) is 62.1 Å². The number of carbonyl (C=O) groups excluding carboxylic acids is 3. The van der Waals surface area contributed by atoms with Crippen LogP contribution in [0, 0.1) is 17.8 Å². The quantitative estimate of drug-likeness (QED) is 0.196. The molecule has 3 aliphatic heterocycles. The number of nitrogens with zero attached hydrogens (tertiary/aromatic N) is 3. The van der Waals surface area contributed by atoms with E-state index in [4.69, 9.17) is 4.74 Å². The Kier molecular flexibility index (Phi) is 10.9. The fourth-order valence-corrected chi connectivity index (χ4v) is 10.2. The molecule has 2 aromatic carbocycles. The molecule has 1 N–H and O–H groups in total. The van der Waals surface area contributed by atoms with Crippen molar-refractivity contribution in [1.82, 2.24) is 9.80 Å². The summed E-state index contributed by atoms with van der Waals surface area (Å²) in [6.07, 6.45) is 6.27. The van der Waals surface area contributed by atoms with E-state index in [2.05, 4.69) is 20.1 Å². The molecule has 2 aromatic rings. The summed E-state index contributed by atoms with van der Waals surface area (Å²) < 4.78 is 4.90. The van der Waals surface area contributed by atoms with Crippen molar-refractivity contribution in [3.05, 3.63) is 85.5 Å². The molecule has 0 aromatic heterocycles. The number of amides is 3. The minimum absolute atomic E-state index is 0.0672. The summed E-state index contributed by atoms with van der Waals surface area (Å²) in [6, 6.07) is 16.6. The number of hydrogen-bond acceptors (Lipinski definition) is 6. The van der Waals surface area contributed by atoms with Gasteiger partial charge < -0.3 is 24.5 Å². The number of likely N-dealkylation sites (tertiary alicyclic amines) is 1. The van der Waals surface area contributed by atoms with E-state index in [0.717, 1.165) is 29.8 Å². The minimum Gasteiger partial charge on any atom is -0.494 e. The highest BCUT2D eigenvalue weighted by Gasteiger charge is 2.76. The lowest BCUT2D eigenvalue weighted by Gasteiger charge is -2.41. The standard InChI is InChI=1S/C37H47N3O5S/c1-5-20-38(25-27-14-10-8-11-15-27)36(44)33-37-26(4)24-30(46-37)31(32(37)35(43)40(33)22-12-9-13-23-41)34(42)39(21-6-2)28-16-18-29(19-17-28)45-7-3/h5-6,8,10-11,14-19,26,30-33,41H,1-2,7,9,12-13,20-25H2,3-4H3/t26?,30-,31+,32-,33?,37?/m0/s1. The predicted molar refractivity (Wildman–Crippen MR) is 184 cm³/mol. The molecule has 9 heteroatoms. The highest BCUT2D eigenvalue weighted by atomic mass is 32.2. The number of ether oxygens (including phenoxy) is 1. The van der Waals surface area contributed by atoms with Crippen LogP contribution in [0.15, 0.2) is 79.9 Å². The molecule has 3 amide bonds. The molecule has 8 nitrogen and oxygen atoms in total. The monoisotopic (exact) mass is 645 g/mol. The third-order valence-corrected chi connectivity index (χ3v) is 11.8. The number of anilines is 1.